The zero-order valence-corrected chi connectivity index (χ0v) is 27.7. The molecular formula is C38H27ClF2N4O7. The quantitative estimate of drug-likeness (QED) is 0.100. The third kappa shape index (κ3) is 4.75. The predicted octanol–water partition coefficient (Wildman–Crippen LogP) is 6.42. The van der Waals surface area contributed by atoms with Crippen molar-refractivity contribution in [1.82, 2.24) is 5.01 Å². The molecule has 3 fully saturated rings. The summed E-state index contributed by atoms with van der Waals surface area (Å²) in [5.41, 5.74) is 1.71. The lowest BCUT2D eigenvalue weighted by Gasteiger charge is -2.50. The number of benzene rings is 4. The largest absolute Gasteiger partial charge is 0.505 e. The number of hydrogen-bond donors (Lipinski definition) is 2. The number of non-ortho nitro benzene ring substituents is 1. The molecule has 0 aromatic heterocycles. The van der Waals surface area contributed by atoms with Crippen LogP contribution in [0.2, 0.25) is 5.02 Å². The molecule has 2 aliphatic carbocycles. The maximum absolute atomic E-state index is 15.3. The fourth-order valence-electron chi connectivity index (χ4n) is 8.76. The van der Waals surface area contributed by atoms with Gasteiger partial charge in [0.25, 0.3) is 17.5 Å². The van der Waals surface area contributed by atoms with Crippen molar-refractivity contribution in [1.29, 1.82) is 0 Å². The van der Waals surface area contributed by atoms with E-state index in [-0.39, 0.29) is 35.5 Å². The molecule has 2 aliphatic heterocycles. The summed E-state index contributed by atoms with van der Waals surface area (Å²) in [4.78, 5) is 69.9. The number of carbonyl (C=O) groups is 4. The first-order valence-electron chi connectivity index (χ1n) is 16.4. The minimum atomic E-state index is -1.82. The number of allylic oxidation sites excluding steroid dienone is 2. The van der Waals surface area contributed by atoms with Gasteiger partial charge in [0.15, 0.2) is 11.6 Å². The number of fused-ring (bicyclic) bond motifs is 4. The highest BCUT2D eigenvalue weighted by Crippen LogP contribution is 2.65. The summed E-state index contributed by atoms with van der Waals surface area (Å²) >= 11 is 6.28. The fraction of sp³-hybridized carbons (Fsp3) is 0.211. The van der Waals surface area contributed by atoms with E-state index in [1.807, 2.05) is 0 Å². The summed E-state index contributed by atoms with van der Waals surface area (Å²) in [6.07, 6.45) is 1.65. The number of hydrogen-bond acceptors (Lipinski definition) is 8. The predicted molar refractivity (Wildman–Crippen MR) is 183 cm³/mol. The van der Waals surface area contributed by atoms with Gasteiger partial charge in [-0.05, 0) is 72.9 Å². The number of nitro groups is 1. The lowest BCUT2D eigenvalue weighted by Crippen LogP contribution is -2.53. The van der Waals surface area contributed by atoms with E-state index >= 15 is 9.18 Å². The van der Waals surface area contributed by atoms with Gasteiger partial charge in [0, 0.05) is 28.6 Å². The Morgan fingerprint density at radius 3 is 2.31 bits per heavy atom. The number of phenolic OH excluding ortho intramolecular Hbond substituents is 1. The second-order valence-electron chi connectivity index (χ2n) is 13.3. The lowest BCUT2D eigenvalue weighted by molar-refractivity contribution is -0.384. The minimum absolute atomic E-state index is 0.00792. The molecule has 8 rings (SSSR count). The van der Waals surface area contributed by atoms with Crippen LogP contribution in [0.5, 0.6) is 5.75 Å². The zero-order valence-electron chi connectivity index (χ0n) is 26.9. The number of nitrogens with zero attached hydrogens (tertiary/aromatic N) is 3. The second kappa shape index (κ2) is 12.1. The van der Waals surface area contributed by atoms with E-state index in [4.69, 9.17) is 11.6 Å². The Balaban J connectivity index is 1.32. The number of nitro benzene ring substituents is 1. The fourth-order valence-corrected chi connectivity index (χ4v) is 8.89. The smallest absolute Gasteiger partial charge is 0.271 e. The number of nitrogens with one attached hydrogen (secondary N) is 1. The summed E-state index contributed by atoms with van der Waals surface area (Å²) in [7, 11) is 0. The highest BCUT2D eigenvalue weighted by molar-refractivity contribution is 6.30. The van der Waals surface area contributed by atoms with Crippen LogP contribution in [0.1, 0.15) is 29.9 Å². The molecule has 0 spiro atoms. The van der Waals surface area contributed by atoms with Crippen LogP contribution in [0, 0.1) is 45.4 Å². The van der Waals surface area contributed by atoms with Gasteiger partial charge in [0.05, 0.1) is 39.5 Å². The Labute approximate surface area is 299 Å². The van der Waals surface area contributed by atoms with E-state index in [0.29, 0.717) is 16.2 Å². The summed E-state index contributed by atoms with van der Waals surface area (Å²) < 4.78 is 29.1. The molecule has 262 valence electrons. The summed E-state index contributed by atoms with van der Waals surface area (Å²) in [5, 5.41) is 24.0. The van der Waals surface area contributed by atoms with Crippen LogP contribution in [-0.2, 0) is 24.6 Å². The van der Waals surface area contributed by atoms with Gasteiger partial charge in [0.2, 0.25) is 11.8 Å². The number of rotatable bonds is 6. The van der Waals surface area contributed by atoms with E-state index in [9.17, 15) is 34.0 Å². The van der Waals surface area contributed by atoms with Gasteiger partial charge in [-0.25, -0.2) is 13.7 Å². The topological polar surface area (TPSA) is 150 Å². The number of amides is 4. The molecule has 4 aromatic rings. The summed E-state index contributed by atoms with van der Waals surface area (Å²) in [5.74, 6) is -10.1. The van der Waals surface area contributed by atoms with Crippen molar-refractivity contribution in [2.45, 2.75) is 24.2 Å². The van der Waals surface area contributed by atoms with Crippen LogP contribution >= 0.6 is 11.6 Å². The Morgan fingerprint density at radius 1 is 0.885 bits per heavy atom. The monoisotopic (exact) mass is 724 g/mol. The number of hydrazine groups is 1. The molecule has 6 atom stereocenters. The third-order valence-electron chi connectivity index (χ3n) is 10.9. The number of aromatic hydroxyl groups is 1. The molecule has 2 heterocycles. The summed E-state index contributed by atoms with van der Waals surface area (Å²) in [6, 6.07) is 20.3. The van der Waals surface area contributed by atoms with Gasteiger partial charge in [-0.2, -0.15) is 5.01 Å². The molecule has 0 radical (unpaired) electrons. The first-order valence-corrected chi connectivity index (χ1v) is 16.8. The minimum Gasteiger partial charge on any atom is -0.505 e. The average Bonchev–Trinajstić information content (AvgIpc) is 3.51. The number of halogens is 3. The molecule has 4 aromatic carbocycles. The first kappa shape index (κ1) is 33.2. The van der Waals surface area contributed by atoms with E-state index < -0.39 is 80.9 Å². The van der Waals surface area contributed by atoms with Crippen LogP contribution in [-0.4, -0.2) is 38.7 Å². The molecule has 0 bridgehead atoms. The number of phenols is 1. The van der Waals surface area contributed by atoms with Gasteiger partial charge in [-0.1, -0.05) is 53.6 Å². The Kier molecular flexibility index (Phi) is 7.72. The van der Waals surface area contributed by atoms with Gasteiger partial charge in [-0.3, -0.25) is 34.7 Å². The number of imide groups is 2. The van der Waals surface area contributed by atoms with Crippen molar-refractivity contribution in [2.75, 3.05) is 10.3 Å². The molecule has 4 amide bonds. The number of anilines is 2. The SMILES string of the molecule is O=C1C2CC3C(=CCC4C(=O)N(c5cccc([N+](=O)[O-])c5)C(=O)C43)C(c3cccc(F)c3O)C2(c2ccc(Cl)cc2)C(=O)N1Nc1ccc(F)cc1. The van der Waals surface area contributed by atoms with Gasteiger partial charge in [0.1, 0.15) is 5.82 Å². The second-order valence-corrected chi connectivity index (χ2v) is 13.8. The average molecular weight is 725 g/mol. The Morgan fingerprint density at radius 2 is 1.60 bits per heavy atom. The number of para-hydroxylation sites is 1. The van der Waals surface area contributed by atoms with Gasteiger partial charge < -0.3 is 5.11 Å². The Hall–Kier alpha value is -5.95. The van der Waals surface area contributed by atoms with Crippen molar-refractivity contribution in [3.05, 3.63) is 141 Å². The van der Waals surface area contributed by atoms with Crippen LogP contribution < -0.4 is 10.3 Å². The van der Waals surface area contributed by atoms with Crippen LogP contribution in [0.3, 0.4) is 0 Å². The highest BCUT2D eigenvalue weighted by atomic mass is 35.5. The van der Waals surface area contributed by atoms with E-state index in [0.717, 1.165) is 34.2 Å². The maximum Gasteiger partial charge on any atom is 0.271 e. The molecule has 14 heteroatoms. The standard InChI is InChI=1S/C38H27ClF2N4O7/c39-20-9-7-19(8-10-20)38-29(35(48)44(37(38)50)42-22-13-11-21(40)12-14-22)18-28-25(32(38)27-5-2-6-30(41)33(27)46)15-16-26-31(28)36(49)43(34(26)47)23-3-1-4-24(17-23)45(51)52/h1-15,17,26,28-29,31-32,42,46H,16,18H2. The van der Waals surface area contributed by atoms with E-state index in [2.05, 4.69) is 5.43 Å². The molecule has 52 heavy (non-hydrogen) atoms. The van der Waals surface area contributed by atoms with Crippen molar-refractivity contribution >= 4 is 52.3 Å². The molecule has 6 unspecified atom stereocenters. The molecule has 2 N–H and O–H groups in total. The molecule has 11 nitrogen and oxygen atoms in total. The van der Waals surface area contributed by atoms with Crippen molar-refractivity contribution in [2.24, 2.45) is 23.7 Å². The van der Waals surface area contributed by atoms with Crippen LogP contribution in [0.25, 0.3) is 0 Å². The Bertz CT molecular complexity index is 2250. The third-order valence-corrected chi connectivity index (χ3v) is 11.1. The molecule has 4 aliphatic rings. The highest BCUT2D eigenvalue weighted by Gasteiger charge is 2.70. The van der Waals surface area contributed by atoms with E-state index in [1.54, 1.807) is 30.3 Å². The van der Waals surface area contributed by atoms with Crippen LogP contribution in [0.4, 0.5) is 25.8 Å². The molecule has 2 saturated heterocycles. The van der Waals surface area contributed by atoms with Crippen molar-refractivity contribution in [3.8, 4) is 5.75 Å². The first-order chi connectivity index (χ1) is 24.9. The summed E-state index contributed by atoms with van der Waals surface area (Å²) in [6.45, 7) is 0. The normalized spacial score (nSPS) is 26.5. The maximum atomic E-state index is 15.3. The number of carbonyl (C=O) groups excluding carboxylic acids is 4. The lowest BCUT2D eigenvalue weighted by atomic mass is 9.49. The van der Waals surface area contributed by atoms with Crippen LogP contribution in [0.15, 0.2) is 103 Å². The van der Waals surface area contributed by atoms with E-state index in [1.165, 1.54) is 42.5 Å². The van der Waals surface area contributed by atoms with Crippen molar-refractivity contribution in [3.63, 3.8) is 0 Å². The molecular weight excluding hydrogens is 698 g/mol. The zero-order chi connectivity index (χ0) is 36.6. The van der Waals surface area contributed by atoms with Crippen molar-refractivity contribution < 1.29 is 38.0 Å². The molecule has 1 saturated carbocycles. The van der Waals surface area contributed by atoms with Gasteiger partial charge in [-0.15, -0.1) is 0 Å². The van der Waals surface area contributed by atoms with Gasteiger partial charge >= 0.3 is 0 Å².